The van der Waals surface area contributed by atoms with Gasteiger partial charge in [-0.25, -0.2) is 15.0 Å². The van der Waals surface area contributed by atoms with Gasteiger partial charge in [-0.2, -0.15) is 0 Å². The molecule has 1 aliphatic rings. The predicted molar refractivity (Wildman–Crippen MR) is 96.7 cm³/mol. The van der Waals surface area contributed by atoms with Gasteiger partial charge in [-0.3, -0.25) is 4.79 Å². The molecule has 0 bridgehead atoms. The molecule has 0 saturated heterocycles. The Labute approximate surface area is 147 Å². The van der Waals surface area contributed by atoms with Crippen molar-refractivity contribution in [3.05, 3.63) is 33.4 Å². The van der Waals surface area contributed by atoms with Crippen LogP contribution < -0.4 is 5.32 Å². The Hall–Kier alpha value is -2.06. The zero-order valence-electron chi connectivity index (χ0n) is 13.4. The smallest absolute Gasteiger partial charge is 0.264 e. The van der Waals surface area contributed by atoms with Crippen molar-refractivity contribution in [1.82, 2.24) is 19.9 Å². The standard InChI is InChI=1S/C16H17N5OS2/c1-9-12-14(20-10-3-4-10)17-7-18-15(12)24-13(9)16(22)21(2)5-11-6-23-8-19-11/h6-8,10H,3-5H2,1-2H3,(H,17,18,20). The first-order valence-electron chi connectivity index (χ1n) is 7.76. The highest BCUT2D eigenvalue weighted by molar-refractivity contribution is 7.20. The van der Waals surface area contributed by atoms with E-state index in [0.29, 0.717) is 12.6 Å². The lowest BCUT2D eigenvalue weighted by Gasteiger charge is -2.15. The Morgan fingerprint density at radius 3 is 2.92 bits per heavy atom. The summed E-state index contributed by atoms with van der Waals surface area (Å²) in [7, 11) is 1.81. The number of carbonyl (C=O) groups is 1. The summed E-state index contributed by atoms with van der Waals surface area (Å²) < 4.78 is 0. The van der Waals surface area contributed by atoms with Crippen molar-refractivity contribution in [2.45, 2.75) is 32.4 Å². The molecule has 3 aromatic heterocycles. The van der Waals surface area contributed by atoms with E-state index < -0.39 is 0 Å². The number of carbonyl (C=O) groups excluding carboxylic acids is 1. The monoisotopic (exact) mass is 359 g/mol. The zero-order chi connectivity index (χ0) is 16.7. The average Bonchev–Trinajstić information content (AvgIpc) is 3.11. The Balaban J connectivity index is 1.66. The lowest BCUT2D eigenvalue weighted by atomic mass is 10.2. The van der Waals surface area contributed by atoms with Crippen LogP contribution in [0.2, 0.25) is 0 Å². The maximum absolute atomic E-state index is 12.9. The number of anilines is 1. The second kappa shape index (κ2) is 6.10. The van der Waals surface area contributed by atoms with E-state index in [9.17, 15) is 4.79 Å². The summed E-state index contributed by atoms with van der Waals surface area (Å²) in [6.07, 6.45) is 3.92. The quantitative estimate of drug-likeness (QED) is 0.757. The molecule has 6 nitrogen and oxygen atoms in total. The number of rotatable bonds is 5. The van der Waals surface area contributed by atoms with Crippen LogP contribution in [0.3, 0.4) is 0 Å². The third kappa shape index (κ3) is 2.87. The Bertz CT molecular complexity index is 885. The molecule has 24 heavy (non-hydrogen) atoms. The minimum atomic E-state index is 0.000807. The number of nitrogens with zero attached hydrogens (tertiary/aromatic N) is 4. The summed E-state index contributed by atoms with van der Waals surface area (Å²) in [6, 6.07) is 0.508. The molecular weight excluding hydrogens is 342 g/mol. The van der Waals surface area contributed by atoms with Crippen LogP contribution in [0.5, 0.6) is 0 Å². The van der Waals surface area contributed by atoms with Crippen LogP contribution in [0.15, 0.2) is 17.2 Å². The van der Waals surface area contributed by atoms with Gasteiger partial charge in [-0.15, -0.1) is 22.7 Å². The van der Waals surface area contributed by atoms with Gasteiger partial charge in [0.1, 0.15) is 17.0 Å². The van der Waals surface area contributed by atoms with E-state index in [4.69, 9.17) is 0 Å². The van der Waals surface area contributed by atoms with E-state index in [-0.39, 0.29) is 5.91 Å². The Morgan fingerprint density at radius 1 is 1.38 bits per heavy atom. The largest absolute Gasteiger partial charge is 0.367 e. The van der Waals surface area contributed by atoms with Gasteiger partial charge in [0.05, 0.1) is 28.0 Å². The second-order valence-corrected chi connectivity index (χ2v) is 7.74. The number of aryl methyl sites for hydroxylation is 1. The second-order valence-electron chi connectivity index (χ2n) is 6.02. The van der Waals surface area contributed by atoms with Gasteiger partial charge in [0.25, 0.3) is 5.91 Å². The van der Waals surface area contributed by atoms with Crippen LogP contribution in [-0.2, 0) is 6.54 Å². The molecular formula is C16H17N5OS2. The maximum Gasteiger partial charge on any atom is 0.264 e. The van der Waals surface area contributed by atoms with E-state index in [0.717, 1.165) is 32.2 Å². The van der Waals surface area contributed by atoms with Gasteiger partial charge in [0, 0.05) is 18.5 Å². The molecule has 3 heterocycles. The molecule has 3 aromatic rings. The number of amides is 1. The van der Waals surface area contributed by atoms with Crippen LogP contribution in [0.25, 0.3) is 10.2 Å². The van der Waals surface area contributed by atoms with E-state index in [2.05, 4.69) is 20.3 Å². The average molecular weight is 359 g/mol. The van der Waals surface area contributed by atoms with Gasteiger partial charge < -0.3 is 10.2 Å². The van der Waals surface area contributed by atoms with E-state index >= 15 is 0 Å². The van der Waals surface area contributed by atoms with E-state index in [1.165, 1.54) is 35.5 Å². The minimum Gasteiger partial charge on any atom is -0.367 e. The molecule has 0 unspecified atom stereocenters. The van der Waals surface area contributed by atoms with Crippen LogP contribution in [0.4, 0.5) is 5.82 Å². The maximum atomic E-state index is 12.9. The zero-order valence-corrected chi connectivity index (χ0v) is 15.1. The topological polar surface area (TPSA) is 71.0 Å². The Kier molecular flexibility index (Phi) is 3.93. The number of fused-ring (bicyclic) bond motifs is 1. The molecule has 0 aromatic carbocycles. The first-order valence-corrected chi connectivity index (χ1v) is 9.52. The summed E-state index contributed by atoms with van der Waals surface area (Å²) in [6.45, 7) is 2.49. The third-order valence-electron chi connectivity index (χ3n) is 4.07. The fourth-order valence-corrected chi connectivity index (χ4v) is 4.30. The summed E-state index contributed by atoms with van der Waals surface area (Å²) >= 11 is 2.97. The van der Waals surface area contributed by atoms with Crippen LogP contribution in [-0.4, -0.2) is 38.8 Å². The first-order chi connectivity index (χ1) is 11.6. The number of thiophene rings is 1. The summed E-state index contributed by atoms with van der Waals surface area (Å²) in [4.78, 5) is 29.1. The summed E-state index contributed by atoms with van der Waals surface area (Å²) in [5.74, 6) is 0.846. The molecule has 0 atom stereocenters. The van der Waals surface area contributed by atoms with Gasteiger partial charge >= 0.3 is 0 Å². The van der Waals surface area contributed by atoms with Gasteiger partial charge in [0.15, 0.2) is 0 Å². The predicted octanol–water partition coefficient (Wildman–Crippen LogP) is 3.30. The molecule has 0 radical (unpaired) electrons. The normalized spacial score (nSPS) is 14.1. The Morgan fingerprint density at radius 2 is 2.21 bits per heavy atom. The highest BCUT2D eigenvalue weighted by Gasteiger charge is 2.26. The number of nitrogens with one attached hydrogen (secondary N) is 1. The SMILES string of the molecule is Cc1c(C(=O)N(C)Cc2cscn2)sc2ncnc(NC3CC3)c12. The molecule has 1 fully saturated rings. The van der Waals surface area contributed by atoms with Crippen molar-refractivity contribution < 1.29 is 4.79 Å². The fourth-order valence-electron chi connectivity index (χ4n) is 2.61. The molecule has 1 aliphatic carbocycles. The molecule has 1 amide bonds. The van der Waals surface area contributed by atoms with Crippen LogP contribution in [0.1, 0.15) is 33.8 Å². The van der Waals surface area contributed by atoms with Crippen molar-refractivity contribution >= 4 is 44.6 Å². The van der Waals surface area contributed by atoms with Gasteiger partial charge in [0.2, 0.25) is 0 Å². The van der Waals surface area contributed by atoms with Gasteiger partial charge in [-0.05, 0) is 25.3 Å². The highest BCUT2D eigenvalue weighted by Crippen LogP contribution is 2.36. The number of hydrogen-bond donors (Lipinski definition) is 1. The third-order valence-corrected chi connectivity index (χ3v) is 5.89. The first kappa shape index (κ1) is 15.5. The van der Waals surface area contributed by atoms with E-state index in [1.807, 2.05) is 12.3 Å². The van der Waals surface area contributed by atoms with Crippen molar-refractivity contribution in [1.29, 1.82) is 0 Å². The van der Waals surface area contributed by atoms with Crippen LogP contribution in [0, 0.1) is 6.92 Å². The minimum absolute atomic E-state index is 0.000807. The van der Waals surface area contributed by atoms with Gasteiger partial charge in [-0.1, -0.05) is 0 Å². The number of aromatic nitrogens is 3. The van der Waals surface area contributed by atoms with Crippen LogP contribution >= 0.6 is 22.7 Å². The molecule has 8 heteroatoms. The highest BCUT2D eigenvalue weighted by atomic mass is 32.1. The summed E-state index contributed by atoms with van der Waals surface area (Å²) in [5.41, 5.74) is 3.64. The van der Waals surface area contributed by atoms with Crippen molar-refractivity contribution in [2.24, 2.45) is 0 Å². The lowest BCUT2D eigenvalue weighted by molar-refractivity contribution is 0.0788. The van der Waals surface area contributed by atoms with Crippen molar-refractivity contribution in [3.8, 4) is 0 Å². The fraction of sp³-hybridized carbons (Fsp3) is 0.375. The van der Waals surface area contributed by atoms with E-state index in [1.54, 1.807) is 23.8 Å². The van der Waals surface area contributed by atoms with Crippen molar-refractivity contribution in [2.75, 3.05) is 12.4 Å². The summed E-state index contributed by atoms with van der Waals surface area (Å²) in [5, 5.41) is 6.37. The molecule has 124 valence electrons. The van der Waals surface area contributed by atoms with Crippen molar-refractivity contribution in [3.63, 3.8) is 0 Å². The molecule has 1 saturated carbocycles. The lowest BCUT2D eigenvalue weighted by Crippen LogP contribution is -2.26. The molecule has 0 spiro atoms. The molecule has 0 aliphatic heterocycles. The molecule has 1 N–H and O–H groups in total. The number of thiazole rings is 1. The molecule has 4 rings (SSSR count). The number of hydrogen-bond acceptors (Lipinski definition) is 7.